The molecule has 1 rings (SSSR count). The van der Waals surface area contributed by atoms with E-state index >= 15 is 0 Å². The van der Waals surface area contributed by atoms with E-state index in [1.54, 1.807) is 12.1 Å². The second-order valence-corrected chi connectivity index (χ2v) is 3.77. The summed E-state index contributed by atoms with van der Waals surface area (Å²) in [4.78, 5) is 10.00. The Kier molecular flexibility index (Phi) is 10.0. The molecule has 0 aliphatic carbocycles. The third-order valence-electron chi connectivity index (χ3n) is 1.78. The van der Waals surface area contributed by atoms with Gasteiger partial charge in [0.15, 0.2) is 0 Å². The molecule has 0 spiro atoms. The fraction of sp³-hybridized carbons (Fsp3) is 0.385. The zero-order valence-electron chi connectivity index (χ0n) is 11.0. The maximum absolute atomic E-state index is 10.4. The first-order chi connectivity index (χ1) is 8.74. The minimum absolute atomic E-state index is 0.104. The fourth-order valence-corrected chi connectivity index (χ4v) is 1.54. The van der Waals surface area contributed by atoms with Gasteiger partial charge in [0.05, 0.1) is 11.5 Å². The molecule has 1 aromatic rings. The Morgan fingerprint density at radius 3 is 2.44 bits per heavy atom. The van der Waals surface area contributed by atoms with Gasteiger partial charge in [0.2, 0.25) is 0 Å². The molecular formula is C13H19NO3S. The molecule has 0 aromatic heterocycles. The van der Waals surface area contributed by atoms with Crippen molar-refractivity contribution in [3.05, 3.63) is 45.4 Å². The third kappa shape index (κ3) is 7.09. The third-order valence-corrected chi connectivity index (χ3v) is 2.33. The Morgan fingerprint density at radius 1 is 1.33 bits per heavy atom. The molecule has 1 aromatic carbocycles. The topological polar surface area (TPSA) is 52.4 Å². The number of benzene rings is 1. The van der Waals surface area contributed by atoms with Gasteiger partial charge in [0, 0.05) is 24.2 Å². The molecule has 0 aliphatic heterocycles. The first-order valence-electron chi connectivity index (χ1n) is 5.93. The van der Waals surface area contributed by atoms with Crippen LogP contribution in [0.2, 0.25) is 0 Å². The van der Waals surface area contributed by atoms with E-state index in [0.29, 0.717) is 0 Å². The fourth-order valence-electron chi connectivity index (χ4n) is 0.984. The smallest absolute Gasteiger partial charge is 0.269 e. The van der Waals surface area contributed by atoms with Crippen LogP contribution in [0.1, 0.15) is 32.8 Å². The Balaban J connectivity index is 0.00000137. The van der Waals surface area contributed by atoms with Gasteiger partial charge in [-0.3, -0.25) is 10.1 Å². The van der Waals surface area contributed by atoms with E-state index in [1.807, 2.05) is 32.3 Å². The first-order valence-corrected chi connectivity index (χ1v) is 6.74. The van der Waals surface area contributed by atoms with Crippen molar-refractivity contribution in [2.75, 3.05) is 6.61 Å². The number of nitrogens with zero attached hydrogens (tertiary/aromatic N) is 1. The van der Waals surface area contributed by atoms with Gasteiger partial charge >= 0.3 is 0 Å². The summed E-state index contributed by atoms with van der Waals surface area (Å²) in [5, 5.41) is 12.2. The molecule has 0 amide bonds. The zero-order valence-corrected chi connectivity index (χ0v) is 11.8. The summed E-state index contributed by atoms with van der Waals surface area (Å²) in [5.41, 5.74) is 1.02. The number of hydrogen-bond donors (Lipinski definition) is 0. The molecule has 0 N–H and O–H groups in total. The Labute approximate surface area is 112 Å². The van der Waals surface area contributed by atoms with Crippen LogP contribution in [0.25, 0.3) is 6.08 Å². The lowest BCUT2D eigenvalue weighted by molar-refractivity contribution is -0.384. The second-order valence-electron chi connectivity index (χ2n) is 3.07. The van der Waals surface area contributed by atoms with E-state index in [4.69, 9.17) is 4.18 Å². The summed E-state index contributed by atoms with van der Waals surface area (Å²) in [5.74, 6) is 0. The van der Waals surface area contributed by atoms with Crippen LogP contribution in [0.15, 0.2) is 29.7 Å². The zero-order chi connectivity index (χ0) is 13.8. The number of hydrogen-bond acceptors (Lipinski definition) is 4. The van der Waals surface area contributed by atoms with Gasteiger partial charge in [0.1, 0.15) is 0 Å². The Morgan fingerprint density at radius 2 is 1.94 bits per heavy atom. The lowest BCUT2D eigenvalue weighted by atomic mass is 10.2. The normalized spacial score (nSPS) is 9.94. The van der Waals surface area contributed by atoms with E-state index in [9.17, 15) is 10.1 Å². The highest BCUT2D eigenvalue weighted by Gasteiger charge is 2.01. The molecular weight excluding hydrogens is 250 g/mol. The molecule has 0 saturated heterocycles. The van der Waals surface area contributed by atoms with Gasteiger partial charge in [-0.05, 0) is 35.6 Å². The van der Waals surface area contributed by atoms with E-state index in [-0.39, 0.29) is 5.69 Å². The van der Waals surface area contributed by atoms with Crippen LogP contribution >= 0.6 is 12.0 Å². The van der Waals surface area contributed by atoms with Crippen molar-refractivity contribution >= 4 is 23.8 Å². The van der Waals surface area contributed by atoms with Crippen LogP contribution in [0, 0.1) is 10.1 Å². The van der Waals surface area contributed by atoms with Crippen LogP contribution in [0.5, 0.6) is 0 Å². The summed E-state index contributed by atoms with van der Waals surface area (Å²) in [6.07, 6.45) is 2.84. The van der Waals surface area contributed by atoms with Crippen molar-refractivity contribution in [1.29, 1.82) is 0 Å². The molecule has 0 atom stereocenters. The Bertz CT molecular complexity index is 363. The highest BCUT2D eigenvalue weighted by molar-refractivity contribution is 7.97. The van der Waals surface area contributed by atoms with Crippen molar-refractivity contribution < 1.29 is 9.11 Å². The van der Waals surface area contributed by atoms with E-state index < -0.39 is 4.92 Å². The number of non-ortho nitro benzene ring substituents is 1. The van der Waals surface area contributed by atoms with Gasteiger partial charge < -0.3 is 4.18 Å². The molecule has 18 heavy (non-hydrogen) atoms. The average molecular weight is 269 g/mol. The minimum atomic E-state index is -0.410. The van der Waals surface area contributed by atoms with Crippen LogP contribution in [0.4, 0.5) is 5.69 Å². The van der Waals surface area contributed by atoms with Gasteiger partial charge in [-0.15, -0.1) is 0 Å². The molecule has 0 unspecified atom stereocenters. The lowest BCUT2D eigenvalue weighted by Gasteiger charge is -1.95. The summed E-state index contributed by atoms with van der Waals surface area (Å²) in [7, 11) is 0. The molecule has 0 bridgehead atoms. The molecule has 4 nitrogen and oxygen atoms in total. The molecule has 0 fully saturated rings. The molecule has 0 radical (unpaired) electrons. The highest BCUT2D eigenvalue weighted by atomic mass is 32.2. The summed E-state index contributed by atoms with van der Waals surface area (Å²) >= 11 is 1.27. The SMILES string of the molecule is CC.CCCOS/C=C/c1ccc([N+](=O)[O-])cc1. The molecule has 0 heterocycles. The molecule has 0 saturated carbocycles. The lowest BCUT2D eigenvalue weighted by Crippen LogP contribution is -1.86. The van der Waals surface area contributed by atoms with Crippen molar-refractivity contribution in [3.8, 4) is 0 Å². The second kappa shape index (κ2) is 10.8. The van der Waals surface area contributed by atoms with Crippen LogP contribution in [-0.4, -0.2) is 11.5 Å². The van der Waals surface area contributed by atoms with E-state index in [0.717, 1.165) is 18.6 Å². The average Bonchev–Trinajstić information content (AvgIpc) is 2.41. The van der Waals surface area contributed by atoms with E-state index in [1.165, 1.54) is 24.2 Å². The minimum Gasteiger partial charge on any atom is -0.311 e. The molecule has 100 valence electrons. The summed E-state index contributed by atoms with van der Waals surface area (Å²) < 4.78 is 5.19. The number of nitro benzene ring substituents is 1. The van der Waals surface area contributed by atoms with Gasteiger partial charge in [-0.2, -0.15) is 0 Å². The maximum Gasteiger partial charge on any atom is 0.269 e. The quantitative estimate of drug-likeness (QED) is 0.326. The first kappa shape index (κ1) is 16.7. The number of rotatable bonds is 6. The summed E-state index contributed by atoms with van der Waals surface area (Å²) in [6.45, 7) is 6.76. The highest BCUT2D eigenvalue weighted by Crippen LogP contribution is 2.14. The van der Waals surface area contributed by atoms with Crippen LogP contribution in [-0.2, 0) is 4.18 Å². The number of nitro groups is 1. The van der Waals surface area contributed by atoms with Crippen molar-refractivity contribution in [3.63, 3.8) is 0 Å². The maximum atomic E-state index is 10.4. The predicted octanol–water partition coefficient (Wildman–Crippen LogP) is 4.67. The molecule has 5 heteroatoms. The monoisotopic (exact) mass is 269 g/mol. The molecule has 0 aliphatic rings. The Hall–Kier alpha value is -1.33. The van der Waals surface area contributed by atoms with Gasteiger partial charge in [-0.25, -0.2) is 0 Å². The standard InChI is InChI=1S/C11H13NO3S.C2H6/c1-2-8-15-16-9-7-10-3-5-11(6-4-10)12(13)14;1-2/h3-7,9H,2,8H2,1H3;1-2H3/b9-7+;. The predicted molar refractivity (Wildman–Crippen MR) is 77.3 cm³/mol. The van der Waals surface area contributed by atoms with Gasteiger partial charge in [0.25, 0.3) is 5.69 Å². The van der Waals surface area contributed by atoms with Crippen molar-refractivity contribution in [2.24, 2.45) is 0 Å². The van der Waals surface area contributed by atoms with Crippen LogP contribution < -0.4 is 0 Å². The van der Waals surface area contributed by atoms with Crippen molar-refractivity contribution in [1.82, 2.24) is 0 Å². The van der Waals surface area contributed by atoms with E-state index in [2.05, 4.69) is 0 Å². The van der Waals surface area contributed by atoms with Crippen LogP contribution in [0.3, 0.4) is 0 Å². The summed E-state index contributed by atoms with van der Waals surface area (Å²) in [6, 6.07) is 6.37. The van der Waals surface area contributed by atoms with Crippen molar-refractivity contribution in [2.45, 2.75) is 27.2 Å². The van der Waals surface area contributed by atoms with Gasteiger partial charge in [-0.1, -0.05) is 20.8 Å². The largest absolute Gasteiger partial charge is 0.311 e.